The molecule has 2 atom stereocenters. The van der Waals surface area contributed by atoms with E-state index in [-0.39, 0.29) is 6.61 Å². The highest BCUT2D eigenvalue weighted by Crippen LogP contribution is 2.60. The fourth-order valence-electron chi connectivity index (χ4n) is 2.70. The van der Waals surface area contributed by atoms with Crippen LogP contribution in [0.1, 0.15) is 25.0 Å². The molecular formula is C17H18F4O2. The number of rotatable bonds is 4. The molecule has 0 radical (unpaired) electrons. The number of hydrogen-bond donors (Lipinski definition) is 0. The van der Waals surface area contributed by atoms with Crippen LogP contribution in [0.15, 0.2) is 36.2 Å². The van der Waals surface area contributed by atoms with Crippen LogP contribution >= 0.6 is 0 Å². The van der Waals surface area contributed by atoms with Crippen molar-refractivity contribution in [1.29, 1.82) is 0 Å². The fourth-order valence-corrected chi connectivity index (χ4v) is 2.70. The zero-order valence-corrected chi connectivity index (χ0v) is 13.1. The smallest absolute Gasteiger partial charge is 0.442 e. The molecule has 2 rings (SSSR count). The second kappa shape index (κ2) is 5.98. The minimum absolute atomic E-state index is 0.0519. The summed E-state index contributed by atoms with van der Waals surface area (Å²) < 4.78 is 55.1. The maximum absolute atomic E-state index is 13.1. The maximum atomic E-state index is 13.1. The maximum Gasteiger partial charge on any atom is 0.442 e. The van der Waals surface area contributed by atoms with E-state index in [0.717, 1.165) is 11.1 Å². The first kappa shape index (κ1) is 17.5. The van der Waals surface area contributed by atoms with Crippen LogP contribution in [-0.4, -0.2) is 12.1 Å². The molecule has 1 aliphatic carbocycles. The van der Waals surface area contributed by atoms with Crippen LogP contribution in [0.2, 0.25) is 0 Å². The first-order chi connectivity index (χ1) is 10.5. The fraction of sp³-hybridized carbons (Fsp3) is 0.471. The lowest BCUT2D eigenvalue weighted by atomic mass is 10.1. The van der Waals surface area contributed by atoms with Crippen molar-refractivity contribution in [2.75, 3.05) is 0 Å². The van der Waals surface area contributed by atoms with E-state index in [9.17, 15) is 22.4 Å². The van der Waals surface area contributed by atoms with Gasteiger partial charge in [0.05, 0.1) is 5.92 Å². The van der Waals surface area contributed by atoms with Crippen molar-refractivity contribution >= 4 is 5.97 Å². The number of alkyl halides is 3. The van der Waals surface area contributed by atoms with Crippen LogP contribution in [-0.2, 0) is 16.1 Å². The minimum Gasteiger partial charge on any atom is -0.461 e. The Labute approximate surface area is 132 Å². The Bertz CT molecular complexity index is 632. The van der Waals surface area contributed by atoms with Crippen LogP contribution in [0.4, 0.5) is 17.6 Å². The predicted molar refractivity (Wildman–Crippen MR) is 77.0 cm³/mol. The number of halogens is 4. The molecule has 1 fully saturated rings. The molecule has 1 aromatic carbocycles. The average Bonchev–Trinajstić information content (AvgIpc) is 2.97. The molecule has 0 unspecified atom stereocenters. The Hall–Kier alpha value is -1.85. The van der Waals surface area contributed by atoms with E-state index in [1.807, 2.05) is 25.1 Å². The van der Waals surface area contributed by atoms with Gasteiger partial charge in [0.1, 0.15) is 6.61 Å². The molecule has 0 heterocycles. The topological polar surface area (TPSA) is 26.3 Å². The molecule has 2 nitrogen and oxygen atoms in total. The molecule has 0 spiro atoms. The van der Waals surface area contributed by atoms with Gasteiger partial charge in [-0.2, -0.15) is 13.2 Å². The summed E-state index contributed by atoms with van der Waals surface area (Å²) in [4.78, 5) is 12.1. The summed E-state index contributed by atoms with van der Waals surface area (Å²) in [7, 11) is 0. The third-order valence-corrected chi connectivity index (χ3v) is 4.39. The Balaban J connectivity index is 2.02. The van der Waals surface area contributed by atoms with Crippen molar-refractivity contribution in [3.05, 3.63) is 47.3 Å². The molecule has 23 heavy (non-hydrogen) atoms. The largest absolute Gasteiger partial charge is 0.461 e. The molecule has 1 aromatic rings. The lowest BCUT2D eigenvalue weighted by Crippen LogP contribution is -2.11. The molecule has 0 N–H and O–H groups in total. The second-order valence-electron chi connectivity index (χ2n) is 6.37. The SMILES string of the molecule is Cc1ccccc1COC(=O)[C@H]1[C@@H](/C=C(\F)C(F)(F)F)C1(C)C. The normalized spacial score (nSPS) is 23.5. The van der Waals surface area contributed by atoms with Gasteiger partial charge in [-0.15, -0.1) is 0 Å². The summed E-state index contributed by atoms with van der Waals surface area (Å²) in [5.74, 6) is -4.34. The predicted octanol–water partition coefficient (Wildman–Crippen LogP) is 4.73. The van der Waals surface area contributed by atoms with Gasteiger partial charge in [-0.25, -0.2) is 4.39 Å². The molecule has 0 bridgehead atoms. The van der Waals surface area contributed by atoms with Crippen molar-refractivity contribution in [3.8, 4) is 0 Å². The van der Waals surface area contributed by atoms with E-state index in [1.54, 1.807) is 19.9 Å². The third-order valence-electron chi connectivity index (χ3n) is 4.39. The average molecular weight is 330 g/mol. The zero-order valence-electron chi connectivity index (χ0n) is 13.1. The standard InChI is InChI=1S/C17H18F4O2/c1-10-6-4-5-7-11(10)9-23-15(22)14-12(16(14,2)3)8-13(18)17(19,20)21/h4-8,12,14H,9H2,1-3H3/b13-8-/t12-,14-/m1/s1. The molecule has 0 aromatic heterocycles. The highest BCUT2D eigenvalue weighted by atomic mass is 19.4. The molecular weight excluding hydrogens is 312 g/mol. The summed E-state index contributed by atoms with van der Waals surface area (Å²) in [6.45, 7) is 5.17. The van der Waals surface area contributed by atoms with Crippen LogP contribution in [0.25, 0.3) is 0 Å². The van der Waals surface area contributed by atoms with Crippen LogP contribution < -0.4 is 0 Å². The van der Waals surface area contributed by atoms with Gasteiger partial charge in [0.25, 0.3) is 0 Å². The number of aryl methyl sites for hydroxylation is 1. The highest BCUT2D eigenvalue weighted by molar-refractivity contribution is 5.78. The summed E-state index contributed by atoms with van der Waals surface area (Å²) in [6.07, 6.45) is -4.53. The van der Waals surface area contributed by atoms with E-state index < -0.39 is 35.2 Å². The Morgan fingerprint density at radius 1 is 1.30 bits per heavy atom. The van der Waals surface area contributed by atoms with E-state index in [1.165, 1.54) is 0 Å². The van der Waals surface area contributed by atoms with Crippen LogP contribution in [0.3, 0.4) is 0 Å². The summed E-state index contributed by atoms with van der Waals surface area (Å²) >= 11 is 0. The van der Waals surface area contributed by atoms with Gasteiger partial charge in [-0.1, -0.05) is 38.1 Å². The van der Waals surface area contributed by atoms with E-state index >= 15 is 0 Å². The van der Waals surface area contributed by atoms with Gasteiger partial charge in [0, 0.05) is 0 Å². The van der Waals surface area contributed by atoms with Gasteiger partial charge in [0.15, 0.2) is 5.83 Å². The molecule has 1 saturated carbocycles. The van der Waals surface area contributed by atoms with Gasteiger partial charge in [-0.05, 0) is 35.5 Å². The number of hydrogen-bond acceptors (Lipinski definition) is 2. The summed E-state index contributed by atoms with van der Waals surface area (Å²) in [5.41, 5.74) is 1.04. The third kappa shape index (κ3) is 3.74. The summed E-state index contributed by atoms with van der Waals surface area (Å²) in [6, 6.07) is 7.34. The minimum atomic E-state index is -5.02. The van der Waals surface area contributed by atoms with E-state index in [2.05, 4.69) is 0 Å². The number of carbonyl (C=O) groups is 1. The van der Waals surface area contributed by atoms with Crippen molar-refractivity contribution in [1.82, 2.24) is 0 Å². The molecule has 0 aliphatic heterocycles. The number of esters is 1. The molecule has 0 saturated heterocycles. The Morgan fingerprint density at radius 3 is 2.48 bits per heavy atom. The number of benzene rings is 1. The zero-order chi connectivity index (χ0) is 17.4. The molecule has 0 amide bonds. The van der Waals surface area contributed by atoms with Crippen molar-refractivity contribution in [2.24, 2.45) is 17.3 Å². The molecule has 126 valence electrons. The van der Waals surface area contributed by atoms with Crippen molar-refractivity contribution < 1.29 is 27.1 Å². The van der Waals surface area contributed by atoms with Gasteiger partial charge in [-0.3, -0.25) is 4.79 Å². The Kier molecular flexibility index (Phi) is 4.55. The second-order valence-corrected chi connectivity index (χ2v) is 6.37. The summed E-state index contributed by atoms with van der Waals surface area (Å²) in [5, 5.41) is 0. The highest BCUT2D eigenvalue weighted by Gasteiger charge is 2.62. The monoisotopic (exact) mass is 330 g/mol. The molecule has 6 heteroatoms. The van der Waals surface area contributed by atoms with E-state index in [4.69, 9.17) is 4.74 Å². The lowest BCUT2D eigenvalue weighted by molar-refractivity contribution is -0.147. The van der Waals surface area contributed by atoms with Crippen molar-refractivity contribution in [2.45, 2.75) is 33.6 Å². The number of ether oxygens (including phenoxy) is 1. The van der Waals surface area contributed by atoms with E-state index in [0.29, 0.717) is 6.08 Å². The van der Waals surface area contributed by atoms with Crippen LogP contribution in [0, 0.1) is 24.2 Å². The first-order valence-electron chi connectivity index (χ1n) is 7.21. The number of allylic oxidation sites excluding steroid dienone is 2. The first-order valence-corrected chi connectivity index (χ1v) is 7.21. The van der Waals surface area contributed by atoms with Crippen molar-refractivity contribution in [3.63, 3.8) is 0 Å². The Morgan fingerprint density at radius 2 is 1.91 bits per heavy atom. The molecule has 1 aliphatic rings. The number of carbonyl (C=O) groups excluding carboxylic acids is 1. The lowest BCUT2D eigenvalue weighted by Gasteiger charge is -2.08. The van der Waals surface area contributed by atoms with Gasteiger partial charge in [0.2, 0.25) is 0 Å². The van der Waals surface area contributed by atoms with Crippen LogP contribution in [0.5, 0.6) is 0 Å². The van der Waals surface area contributed by atoms with Gasteiger partial charge < -0.3 is 4.74 Å². The quantitative estimate of drug-likeness (QED) is 0.589. The van der Waals surface area contributed by atoms with Gasteiger partial charge >= 0.3 is 12.1 Å².